The lowest BCUT2D eigenvalue weighted by Crippen LogP contribution is -2.07. The molecule has 22 heavy (non-hydrogen) atoms. The molecule has 0 aliphatic carbocycles. The van der Waals surface area contributed by atoms with Crippen LogP contribution in [0.5, 0.6) is 0 Å². The van der Waals surface area contributed by atoms with E-state index in [1.54, 1.807) is 22.9 Å². The van der Waals surface area contributed by atoms with Gasteiger partial charge in [0.25, 0.3) is 0 Å². The van der Waals surface area contributed by atoms with E-state index in [4.69, 9.17) is 0 Å². The van der Waals surface area contributed by atoms with Gasteiger partial charge >= 0.3 is 0 Å². The summed E-state index contributed by atoms with van der Waals surface area (Å²) < 4.78 is 1.06. The minimum atomic E-state index is -0.213. The third-order valence-corrected chi connectivity index (χ3v) is 4.98. The van der Waals surface area contributed by atoms with E-state index in [9.17, 15) is 4.79 Å². The lowest BCUT2D eigenvalue weighted by Gasteiger charge is -1.96. The van der Waals surface area contributed by atoms with Gasteiger partial charge in [-0.25, -0.2) is 0 Å². The number of anilines is 1. The SMILES string of the molecule is O=C(/C=C/c1ccc(-c2ccc(Br)cc2)s1)Nc1nncs1. The van der Waals surface area contributed by atoms with Crippen molar-refractivity contribution in [2.24, 2.45) is 0 Å². The van der Waals surface area contributed by atoms with Gasteiger partial charge in [0.05, 0.1) is 0 Å². The molecule has 3 rings (SSSR count). The van der Waals surface area contributed by atoms with Crippen LogP contribution in [-0.2, 0) is 4.79 Å². The average Bonchev–Trinajstić information content (AvgIpc) is 3.17. The fraction of sp³-hybridized carbons (Fsp3) is 0. The summed E-state index contributed by atoms with van der Waals surface area (Å²) in [6.07, 6.45) is 3.29. The number of amides is 1. The summed E-state index contributed by atoms with van der Waals surface area (Å²) >= 11 is 6.35. The van der Waals surface area contributed by atoms with Crippen LogP contribution >= 0.6 is 38.6 Å². The second-order valence-corrected chi connectivity index (χ2v) is 7.14. The zero-order chi connectivity index (χ0) is 15.4. The zero-order valence-corrected chi connectivity index (χ0v) is 14.4. The Morgan fingerprint density at radius 3 is 2.73 bits per heavy atom. The molecule has 0 saturated heterocycles. The molecular weight excluding hydrogens is 382 g/mol. The van der Waals surface area contributed by atoms with Crippen molar-refractivity contribution in [2.45, 2.75) is 0 Å². The lowest BCUT2D eigenvalue weighted by atomic mass is 10.2. The van der Waals surface area contributed by atoms with Gasteiger partial charge in [-0.15, -0.1) is 21.5 Å². The predicted molar refractivity (Wildman–Crippen MR) is 95.0 cm³/mol. The summed E-state index contributed by atoms with van der Waals surface area (Å²) in [5, 5.41) is 10.6. The number of carbonyl (C=O) groups excluding carboxylic acids is 1. The first kappa shape index (κ1) is 15.1. The molecule has 2 heterocycles. The Kier molecular flexibility index (Phi) is 4.77. The van der Waals surface area contributed by atoms with Crippen molar-refractivity contribution in [2.75, 3.05) is 5.32 Å². The summed E-state index contributed by atoms with van der Waals surface area (Å²) in [5.41, 5.74) is 2.73. The van der Waals surface area contributed by atoms with E-state index in [1.807, 2.05) is 18.2 Å². The maximum absolute atomic E-state index is 11.7. The van der Waals surface area contributed by atoms with Crippen LogP contribution in [0.1, 0.15) is 4.88 Å². The molecule has 1 N–H and O–H groups in total. The molecule has 1 aromatic carbocycles. The van der Waals surface area contributed by atoms with E-state index in [0.717, 1.165) is 19.8 Å². The molecule has 0 radical (unpaired) electrons. The highest BCUT2D eigenvalue weighted by molar-refractivity contribution is 9.10. The normalized spacial score (nSPS) is 11.0. The minimum Gasteiger partial charge on any atom is -0.297 e. The second-order valence-electron chi connectivity index (χ2n) is 4.28. The van der Waals surface area contributed by atoms with Crippen molar-refractivity contribution in [1.82, 2.24) is 10.2 Å². The molecule has 0 atom stereocenters. The van der Waals surface area contributed by atoms with Gasteiger partial charge in [-0.2, -0.15) is 0 Å². The highest BCUT2D eigenvalue weighted by Gasteiger charge is 2.03. The molecule has 0 bridgehead atoms. The molecule has 3 aromatic rings. The Bertz CT molecular complexity index is 795. The highest BCUT2D eigenvalue weighted by Crippen LogP contribution is 2.29. The van der Waals surface area contributed by atoms with Crippen LogP contribution in [0.2, 0.25) is 0 Å². The van der Waals surface area contributed by atoms with E-state index in [0.29, 0.717) is 5.13 Å². The Hall–Kier alpha value is -1.83. The minimum absolute atomic E-state index is 0.213. The standard InChI is InChI=1S/C15H10BrN3OS2/c16-11-3-1-10(2-4-11)13-7-5-12(22-13)6-8-14(20)18-15-19-17-9-21-15/h1-9H,(H,18,19,20)/b8-6+. The molecule has 1 amide bonds. The van der Waals surface area contributed by atoms with Crippen LogP contribution in [0.15, 0.2) is 52.5 Å². The van der Waals surface area contributed by atoms with Gasteiger partial charge in [-0.3, -0.25) is 10.1 Å². The topological polar surface area (TPSA) is 54.9 Å². The van der Waals surface area contributed by atoms with E-state index < -0.39 is 0 Å². The second kappa shape index (κ2) is 6.95. The quantitative estimate of drug-likeness (QED) is 0.656. The van der Waals surface area contributed by atoms with Gasteiger partial charge in [-0.05, 0) is 35.9 Å². The first-order valence-corrected chi connectivity index (χ1v) is 8.80. The highest BCUT2D eigenvalue weighted by atomic mass is 79.9. The number of nitrogens with zero attached hydrogens (tertiary/aromatic N) is 2. The van der Waals surface area contributed by atoms with E-state index in [2.05, 4.69) is 49.6 Å². The number of hydrogen-bond acceptors (Lipinski definition) is 5. The summed E-state index contributed by atoms with van der Waals surface area (Å²) in [5.74, 6) is -0.213. The molecule has 0 saturated carbocycles. The molecule has 2 aromatic heterocycles. The number of nitrogens with one attached hydrogen (secondary N) is 1. The third-order valence-electron chi connectivity index (χ3n) is 2.74. The van der Waals surface area contributed by atoms with Gasteiger partial charge in [0.1, 0.15) is 5.51 Å². The molecule has 7 heteroatoms. The maximum Gasteiger partial charge on any atom is 0.250 e. The van der Waals surface area contributed by atoms with Crippen LogP contribution in [0, 0.1) is 0 Å². The lowest BCUT2D eigenvalue weighted by molar-refractivity contribution is -0.111. The molecule has 110 valence electrons. The van der Waals surface area contributed by atoms with Crippen LogP contribution in [0.4, 0.5) is 5.13 Å². The molecule has 0 aliphatic rings. The molecule has 4 nitrogen and oxygen atoms in total. The first-order valence-electron chi connectivity index (χ1n) is 6.32. The average molecular weight is 392 g/mol. The predicted octanol–water partition coefficient (Wildman–Crippen LogP) is 4.68. The molecule has 0 unspecified atom stereocenters. The number of halogens is 1. The Labute approximate surface area is 143 Å². The smallest absolute Gasteiger partial charge is 0.250 e. The zero-order valence-electron chi connectivity index (χ0n) is 11.2. The Morgan fingerprint density at radius 2 is 2.00 bits per heavy atom. The molecule has 0 spiro atoms. The Morgan fingerprint density at radius 1 is 1.18 bits per heavy atom. The summed E-state index contributed by atoms with van der Waals surface area (Å²) in [7, 11) is 0. The number of rotatable bonds is 4. The van der Waals surface area contributed by atoms with Crippen molar-refractivity contribution in [3.63, 3.8) is 0 Å². The fourth-order valence-corrected chi connectivity index (χ4v) is 3.37. The van der Waals surface area contributed by atoms with Crippen molar-refractivity contribution < 1.29 is 4.79 Å². The molecule has 0 aliphatic heterocycles. The van der Waals surface area contributed by atoms with E-state index >= 15 is 0 Å². The number of benzene rings is 1. The van der Waals surface area contributed by atoms with Crippen LogP contribution in [-0.4, -0.2) is 16.1 Å². The van der Waals surface area contributed by atoms with Crippen LogP contribution in [0.25, 0.3) is 16.5 Å². The van der Waals surface area contributed by atoms with Gasteiger partial charge < -0.3 is 0 Å². The van der Waals surface area contributed by atoms with Crippen LogP contribution < -0.4 is 5.32 Å². The van der Waals surface area contributed by atoms with E-state index in [-0.39, 0.29) is 5.91 Å². The van der Waals surface area contributed by atoms with Gasteiger partial charge in [0, 0.05) is 20.3 Å². The monoisotopic (exact) mass is 391 g/mol. The van der Waals surface area contributed by atoms with Gasteiger partial charge in [0.15, 0.2) is 0 Å². The first-order chi connectivity index (χ1) is 10.7. The number of thiophene rings is 1. The summed E-state index contributed by atoms with van der Waals surface area (Å²) in [6.45, 7) is 0. The Balaban J connectivity index is 1.67. The molecule has 0 fully saturated rings. The fourth-order valence-electron chi connectivity index (χ4n) is 1.74. The number of aromatic nitrogens is 2. The van der Waals surface area contributed by atoms with Gasteiger partial charge in [0.2, 0.25) is 11.0 Å². The van der Waals surface area contributed by atoms with Gasteiger partial charge in [-0.1, -0.05) is 39.4 Å². The number of hydrogen-bond donors (Lipinski definition) is 1. The largest absolute Gasteiger partial charge is 0.297 e. The summed E-state index contributed by atoms with van der Waals surface area (Å²) in [4.78, 5) is 13.9. The van der Waals surface area contributed by atoms with Crippen LogP contribution in [0.3, 0.4) is 0 Å². The summed E-state index contributed by atoms with van der Waals surface area (Å²) in [6, 6.07) is 12.2. The number of carbonyl (C=O) groups is 1. The van der Waals surface area contributed by atoms with Crippen molar-refractivity contribution in [3.05, 3.63) is 57.3 Å². The van der Waals surface area contributed by atoms with Crippen molar-refractivity contribution in [3.8, 4) is 10.4 Å². The van der Waals surface area contributed by atoms with E-state index in [1.165, 1.54) is 17.4 Å². The maximum atomic E-state index is 11.7. The molecular formula is C15H10BrN3OS2. The van der Waals surface area contributed by atoms with Crippen molar-refractivity contribution in [1.29, 1.82) is 0 Å². The van der Waals surface area contributed by atoms with Crippen molar-refractivity contribution >= 4 is 55.7 Å². The third kappa shape index (κ3) is 3.88.